The van der Waals surface area contributed by atoms with Crippen LogP contribution in [-0.4, -0.2) is 47.3 Å². The molecule has 0 aliphatic carbocycles. The van der Waals surface area contributed by atoms with E-state index >= 15 is 0 Å². The number of benzene rings is 2. The average molecular weight is 364 g/mol. The Morgan fingerprint density at radius 1 is 0.889 bits per heavy atom. The van der Waals surface area contributed by atoms with Crippen LogP contribution < -0.4 is 0 Å². The summed E-state index contributed by atoms with van der Waals surface area (Å²) in [6.07, 6.45) is 5.01. The van der Waals surface area contributed by atoms with Crippen molar-refractivity contribution in [3.8, 4) is 0 Å². The van der Waals surface area contributed by atoms with Crippen LogP contribution in [0.2, 0.25) is 0 Å². The lowest BCUT2D eigenvalue weighted by molar-refractivity contribution is -0.140. The molecule has 2 amide bonds. The second kappa shape index (κ2) is 7.71. The van der Waals surface area contributed by atoms with E-state index < -0.39 is 0 Å². The second-order valence-corrected chi connectivity index (χ2v) is 7.97. The highest BCUT2D eigenvalue weighted by Gasteiger charge is 2.33. The maximum absolute atomic E-state index is 13.1. The van der Waals surface area contributed by atoms with Crippen LogP contribution in [0.25, 0.3) is 10.8 Å². The maximum atomic E-state index is 13.1. The SMILES string of the molecule is CC1CCCCN1C(=O)C1CCN(C(=O)c2cccc3ccccc23)CC1. The number of likely N-dealkylation sites (tertiary alicyclic amines) is 2. The molecule has 0 radical (unpaired) electrons. The Balaban J connectivity index is 1.43. The first-order valence-corrected chi connectivity index (χ1v) is 10.2. The Morgan fingerprint density at radius 2 is 1.63 bits per heavy atom. The summed E-state index contributed by atoms with van der Waals surface area (Å²) in [5, 5.41) is 2.10. The molecule has 0 aromatic heterocycles. The van der Waals surface area contributed by atoms with Gasteiger partial charge in [-0.05, 0) is 55.9 Å². The van der Waals surface area contributed by atoms with Gasteiger partial charge in [-0.1, -0.05) is 36.4 Å². The molecule has 1 unspecified atom stereocenters. The molecule has 4 nitrogen and oxygen atoms in total. The number of amides is 2. The van der Waals surface area contributed by atoms with Crippen molar-refractivity contribution in [3.05, 3.63) is 48.0 Å². The molecule has 0 spiro atoms. The summed E-state index contributed by atoms with van der Waals surface area (Å²) in [6, 6.07) is 14.3. The Labute approximate surface area is 161 Å². The highest BCUT2D eigenvalue weighted by Crippen LogP contribution is 2.27. The summed E-state index contributed by atoms with van der Waals surface area (Å²) in [5.41, 5.74) is 0.766. The third-order valence-electron chi connectivity index (χ3n) is 6.24. The first-order valence-electron chi connectivity index (χ1n) is 10.2. The quantitative estimate of drug-likeness (QED) is 0.805. The molecule has 1 atom stereocenters. The number of hydrogen-bond donors (Lipinski definition) is 0. The number of piperidine rings is 2. The zero-order valence-corrected chi connectivity index (χ0v) is 16.1. The molecular weight excluding hydrogens is 336 g/mol. The average Bonchev–Trinajstić information content (AvgIpc) is 2.73. The van der Waals surface area contributed by atoms with Crippen molar-refractivity contribution in [2.24, 2.45) is 5.92 Å². The predicted molar refractivity (Wildman–Crippen MR) is 108 cm³/mol. The van der Waals surface area contributed by atoms with Crippen LogP contribution >= 0.6 is 0 Å². The van der Waals surface area contributed by atoms with E-state index in [9.17, 15) is 9.59 Å². The monoisotopic (exact) mass is 364 g/mol. The first-order chi connectivity index (χ1) is 13.1. The third-order valence-corrected chi connectivity index (χ3v) is 6.24. The fourth-order valence-corrected chi connectivity index (χ4v) is 4.57. The smallest absolute Gasteiger partial charge is 0.254 e. The molecule has 0 bridgehead atoms. The van der Waals surface area contributed by atoms with Gasteiger partial charge in [0, 0.05) is 37.2 Å². The molecule has 142 valence electrons. The first kappa shape index (κ1) is 18.0. The standard InChI is InChI=1S/C23H28N2O2/c1-17-7-4-5-14-25(17)22(26)19-12-15-24(16-13-19)23(27)21-11-6-9-18-8-2-3-10-20(18)21/h2-3,6,8-11,17,19H,4-5,7,12-16H2,1H3. The van der Waals surface area contributed by atoms with Crippen LogP contribution in [0.1, 0.15) is 49.4 Å². The van der Waals surface area contributed by atoms with E-state index in [2.05, 4.69) is 11.8 Å². The molecule has 2 aliphatic heterocycles. The molecule has 2 fully saturated rings. The van der Waals surface area contributed by atoms with E-state index in [4.69, 9.17) is 0 Å². The van der Waals surface area contributed by atoms with Gasteiger partial charge in [-0.3, -0.25) is 9.59 Å². The zero-order chi connectivity index (χ0) is 18.8. The molecule has 27 heavy (non-hydrogen) atoms. The van der Waals surface area contributed by atoms with Gasteiger partial charge in [0.15, 0.2) is 0 Å². The fraction of sp³-hybridized carbons (Fsp3) is 0.478. The lowest BCUT2D eigenvalue weighted by Gasteiger charge is -2.38. The number of hydrogen-bond acceptors (Lipinski definition) is 2. The van der Waals surface area contributed by atoms with Gasteiger partial charge in [0.05, 0.1) is 0 Å². The molecule has 4 heteroatoms. The van der Waals surface area contributed by atoms with Crippen LogP contribution in [-0.2, 0) is 4.79 Å². The van der Waals surface area contributed by atoms with Gasteiger partial charge >= 0.3 is 0 Å². The summed E-state index contributed by atoms with van der Waals surface area (Å²) in [7, 11) is 0. The van der Waals surface area contributed by atoms with E-state index in [0.29, 0.717) is 25.0 Å². The predicted octanol–water partition coefficient (Wildman–Crippen LogP) is 4.09. The summed E-state index contributed by atoms with van der Waals surface area (Å²) in [5.74, 6) is 0.464. The Bertz CT molecular complexity index is 834. The van der Waals surface area contributed by atoms with Crippen LogP contribution in [0.15, 0.2) is 42.5 Å². The van der Waals surface area contributed by atoms with Gasteiger partial charge in [-0.15, -0.1) is 0 Å². The Hall–Kier alpha value is -2.36. The minimum absolute atomic E-state index is 0.0714. The van der Waals surface area contributed by atoms with Gasteiger partial charge in [0.1, 0.15) is 0 Å². The highest BCUT2D eigenvalue weighted by atomic mass is 16.2. The molecule has 0 saturated carbocycles. The number of carbonyl (C=O) groups excluding carboxylic acids is 2. The minimum atomic E-state index is 0.0714. The van der Waals surface area contributed by atoms with Gasteiger partial charge < -0.3 is 9.80 Å². The molecule has 2 aliphatic rings. The molecule has 4 rings (SSSR count). The molecule has 0 N–H and O–H groups in total. The van der Waals surface area contributed by atoms with E-state index in [1.165, 1.54) is 6.42 Å². The molecule has 2 heterocycles. The summed E-state index contributed by atoms with van der Waals surface area (Å²) in [6.45, 7) is 4.40. The van der Waals surface area contributed by atoms with E-state index in [1.54, 1.807) is 0 Å². The number of nitrogens with zero attached hydrogens (tertiary/aromatic N) is 2. The third kappa shape index (κ3) is 3.58. The lowest BCUT2D eigenvalue weighted by atomic mass is 9.92. The maximum Gasteiger partial charge on any atom is 0.254 e. The molecule has 2 saturated heterocycles. The zero-order valence-electron chi connectivity index (χ0n) is 16.1. The van der Waals surface area contributed by atoms with Crippen molar-refractivity contribution in [1.82, 2.24) is 9.80 Å². The van der Waals surface area contributed by atoms with Crippen LogP contribution in [0.5, 0.6) is 0 Å². The van der Waals surface area contributed by atoms with Crippen molar-refractivity contribution < 1.29 is 9.59 Å². The number of rotatable bonds is 2. The summed E-state index contributed by atoms with van der Waals surface area (Å²) in [4.78, 5) is 30.0. The summed E-state index contributed by atoms with van der Waals surface area (Å²) < 4.78 is 0. The van der Waals surface area contributed by atoms with Crippen molar-refractivity contribution in [2.75, 3.05) is 19.6 Å². The van der Waals surface area contributed by atoms with Gasteiger partial charge in [-0.2, -0.15) is 0 Å². The van der Waals surface area contributed by atoms with Crippen molar-refractivity contribution >= 4 is 22.6 Å². The number of fused-ring (bicyclic) bond motifs is 1. The minimum Gasteiger partial charge on any atom is -0.340 e. The van der Waals surface area contributed by atoms with E-state index in [-0.39, 0.29) is 11.8 Å². The highest BCUT2D eigenvalue weighted by molar-refractivity contribution is 6.07. The van der Waals surface area contributed by atoms with E-state index in [1.807, 2.05) is 47.4 Å². The van der Waals surface area contributed by atoms with Gasteiger partial charge in [0.25, 0.3) is 5.91 Å². The lowest BCUT2D eigenvalue weighted by Crippen LogP contribution is -2.48. The molecule has 2 aromatic rings. The molecular formula is C23H28N2O2. The molecule has 2 aromatic carbocycles. The summed E-state index contributed by atoms with van der Waals surface area (Å²) >= 11 is 0. The van der Waals surface area contributed by atoms with Crippen molar-refractivity contribution in [3.63, 3.8) is 0 Å². The number of carbonyl (C=O) groups is 2. The van der Waals surface area contributed by atoms with Crippen LogP contribution in [0.3, 0.4) is 0 Å². The fourth-order valence-electron chi connectivity index (χ4n) is 4.57. The van der Waals surface area contributed by atoms with Crippen molar-refractivity contribution in [1.29, 1.82) is 0 Å². The van der Waals surface area contributed by atoms with E-state index in [0.717, 1.165) is 48.6 Å². The van der Waals surface area contributed by atoms with Crippen LogP contribution in [0.4, 0.5) is 0 Å². The van der Waals surface area contributed by atoms with Gasteiger partial charge in [0.2, 0.25) is 5.91 Å². The largest absolute Gasteiger partial charge is 0.340 e. The Kier molecular flexibility index (Phi) is 5.15. The second-order valence-electron chi connectivity index (χ2n) is 7.97. The normalized spacial score (nSPS) is 21.4. The topological polar surface area (TPSA) is 40.6 Å². The van der Waals surface area contributed by atoms with Gasteiger partial charge in [-0.25, -0.2) is 0 Å². The Morgan fingerprint density at radius 3 is 2.41 bits per heavy atom. The van der Waals surface area contributed by atoms with Crippen molar-refractivity contribution in [2.45, 2.75) is 45.1 Å². The van der Waals surface area contributed by atoms with Crippen LogP contribution in [0, 0.1) is 5.92 Å².